The molecule has 0 amide bonds. The lowest BCUT2D eigenvalue weighted by Gasteiger charge is -2.31. The van der Waals surface area contributed by atoms with E-state index in [2.05, 4.69) is 4.90 Å². The Morgan fingerprint density at radius 2 is 1.82 bits per heavy atom. The van der Waals surface area contributed by atoms with Gasteiger partial charge in [0.25, 0.3) is 0 Å². The molecular formula is C12H18BNO3. The first-order valence-corrected chi connectivity index (χ1v) is 5.90. The second-order valence-corrected chi connectivity index (χ2v) is 4.41. The van der Waals surface area contributed by atoms with Gasteiger partial charge in [0.15, 0.2) is 0 Å². The maximum absolute atomic E-state index is 9.42. The van der Waals surface area contributed by atoms with Gasteiger partial charge in [0, 0.05) is 18.8 Å². The molecule has 5 heteroatoms. The lowest BCUT2D eigenvalue weighted by molar-refractivity contribution is 0.122. The summed E-state index contributed by atoms with van der Waals surface area (Å²) in [7, 11) is -1.41. The summed E-state index contributed by atoms with van der Waals surface area (Å²) in [5, 5.41) is 18.8. The van der Waals surface area contributed by atoms with Crippen molar-refractivity contribution in [2.45, 2.75) is 13.8 Å². The summed E-state index contributed by atoms with van der Waals surface area (Å²) in [5.41, 5.74) is 3.55. The minimum atomic E-state index is -1.41. The van der Waals surface area contributed by atoms with E-state index in [1.807, 2.05) is 26.0 Å². The van der Waals surface area contributed by atoms with Crippen molar-refractivity contribution in [2.75, 3.05) is 31.2 Å². The van der Waals surface area contributed by atoms with Crippen LogP contribution in [0.15, 0.2) is 12.1 Å². The van der Waals surface area contributed by atoms with Crippen molar-refractivity contribution in [1.82, 2.24) is 0 Å². The number of benzene rings is 1. The van der Waals surface area contributed by atoms with Gasteiger partial charge < -0.3 is 19.7 Å². The molecule has 1 aliphatic heterocycles. The Bertz CT molecular complexity index is 403. The van der Waals surface area contributed by atoms with E-state index in [1.54, 1.807) is 0 Å². The molecule has 0 saturated carbocycles. The number of rotatable bonds is 2. The Hall–Kier alpha value is -1.04. The van der Waals surface area contributed by atoms with E-state index in [0.29, 0.717) is 5.46 Å². The Balaban J connectivity index is 2.37. The Labute approximate surface area is 102 Å². The zero-order chi connectivity index (χ0) is 12.4. The molecule has 4 nitrogen and oxygen atoms in total. The standard InChI is InChI=1S/C12H18BNO3/c1-9-3-4-11(10(2)12(9)13(15)16)14-5-7-17-8-6-14/h3-4,15-16H,5-8H2,1-2H3. The molecule has 0 radical (unpaired) electrons. The molecule has 1 fully saturated rings. The third kappa shape index (κ3) is 2.46. The molecule has 0 spiro atoms. The molecule has 2 rings (SSSR count). The van der Waals surface area contributed by atoms with E-state index in [-0.39, 0.29) is 0 Å². The van der Waals surface area contributed by atoms with Gasteiger partial charge in [-0.15, -0.1) is 0 Å². The van der Waals surface area contributed by atoms with Gasteiger partial charge in [-0.25, -0.2) is 0 Å². The summed E-state index contributed by atoms with van der Waals surface area (Å²) in [5.74, 6) is 0. The van der Waals surface area contributed by atoms with Crippen molar-refractivity contribution in [3.63, 3.8) is 0 Å². The molecule has 1 saturated heterocycles. The number of anilines is 1. The van der Waals surface area contributed by atoms with Crippen LogP contribution >= 0.6 is 0 Å². The van der Waals surface area contributed by atoms with Gasteiger partial charge in [0.2, 0.25) is 0 Å². The average molecular weight is 235 g/mol. The molecule has 0 aromatic heterocycles. The van der Waals surface area contributed by atoms with Gasteiger partial charge in [-0.1, -0.05) is 11.6 Å². The fourth-order valence-corrected chi connectivity index (χ4v) is 2.40. The zero-order valence-corrected chi connectivity index (χ0v) is 10.3. The van der Waals surface area contributed by atoms with Crippen molar-refractivity contribution in [3.05, 3.63) is 23.3 Å². The predicted molar refractivity (Wildman–Crippen MR) is 68.8 cm³/mol. The van der Waals surface area contributed by atoms with Gasteiger partial charge in [-0.2, -0.15) is 0 Å². The summed E-state index contributed by atoms with van der Waals surface area (Å²) in [6.07, 6.45) is 0. The highest BCUT2D eigenvalue weighted by Crippen LogP contribution is 2.20. The van der Waals surface area contributed by atoms with Crippen LogP contribution < -0.4 is 10.4 Å². The molecule has 1 aromatic carbocycles. The van der Waals surface area contributed by atoms with Crippen LogP contribution in [0, 0.1) is 13.8 Å². The number of morpholine rings is 1. The van der Waals surface area contributed by atoms with Crippen LogP contribution in [0.2, 0.25) is 0 Å². The Morgan fingerprint density at radius 3 is 2.41 bits per heavy atom. The van der Waals surface area contributed by atoms with E-state index in [4.69, 9.17) is 4.74 Å². The number of hydrogen-bond acceptors (Lipinski definition) is 4. The second kappa shape index (κ2) is 5.08. The normalized spacial score (nSPS) is 16.1. The van der Waals surface area contributed by atoms with Crippen LogP contribution in [0.5, 0.6) is 0 Å². The van der Waals surface area contributed by atoms with Crippen LogP contribution in [0.1, 0.15) is 11.1 Å². The van der Waals surface area contributed by atoms with Crippen LogP contribution in [-0.4, -0.2) is 43.5 Å². The molecule has 1 aliphatic rings. The number of ether oxygens (including phenoxy) is 1. The molecule has 92 valence electrons. The van der Waals surface area contributed by atoms with E-state index in [9.17, 15) is 10.0 Å². The molecule has 0 aliphatic carbocycles. The summed E-state index contributed by atoms with van der Waals surface area (Å²) < 4.78 is 5.32. The van der Waals surface area contributed by atoms with E-state index < -0.39 is 7.12 Å². The predicted octanol–water partition coefficient (Wildman–Crippen LogP) is -0.180. The lowest BCUT2D eigenvalue weighted by atomic mass is 9.74. The zero-order valence-electron chi connectivity index (χ0n) is 10.3. The molecule has 0 atom stereocenters. The summed E-state index contributed by atoms with van der Waals surface area (Å²) in [6.45, 7) is 6.99. The maximum atomic E-state index is 9.42. The highest BCUT2D eigenvalue weighted by atomic mass is 16.5. The molecule has 1 heterocycles. The highest BCUT2D eigenvalue weighted by Gasteiger charge is 2.21. The van der Waals surface area contributed by atoms with Crippen LogP contribution in [0.4, 0.5) is 5.69 Å². The van der Waals surface area contributed by atoms with Gasteiger partial charge in [0.1, 0.15) is 0 Å². The summed E-state index contributed by atoms with van der Waals surface area (Å²) in [4.78, 5) is 2.23. The maximum Gasteiger partial charge on any atom is 0.489 e. The van der Waals surface area contributed by atoms with Crippen molar-refractivity contribution in [2.24, 2.45) is 0 Å². The summed E-state index contributed by atoms with van der Waals surface area (Å²) in [6, 6.07) is 3.98. The molecule has 1 aromatic rings. The minimum absolute atomic E-state index is 0.619. The van der Waals surface area contributed by atoms with Crippen LogP contribution in [-0.2, 0) is 4.74 Å². The lowest BCUT2D eigenvalue weighted by Crippen LogP contribution is -2.40. The summed E-state index contributed by atoms with van der Waals surface area (Å²) >= 11 is 0. The van der Waals surface area contributed by atoms with Crippen molar-refractivity contribution in [1.29, 1.82) is 0 Å². The number of hydrogen-bond donors (Lipinski definition) is 2. The number of nitrogens with zero attached hydrogens (tertiary/aromatic N) is 1. The Morgan fingerprint density at radius 1 is 1.18 bits per heavy atom. The van der Waals surface area contributed by atoms with Crippen molar-refractivity contribution in [3.8, 4) is 0 Å². The van der Waals surface area contributed by atoms with Gasteiger partial charge in [-0.3, -0.25) is 0 Å². The largest absolute Gasteiger partial charge is 0.489 e. The third-order valence-corrected chi connectivity index (χ3v) is 3.31. The highest BCUT2D eigenvalue weighted by molar-refractivity contribution is 6.60. The molecular weight excluding hydrogens is 217 g/mol. The fraction of sp³-hybridized carbons (Fsp3) is 0.500. The van der Waals surface area contributed by atoms with Crippen molar-refractivity contribution >= 4 is 18.3 Å². The second-order valence-electron chi connectivity index (χ2n) is 4.41. The molecule has 2 N–H and O–H groups in total. The smallest absolute Gasteiger partial charge is 0.423 e. The van der Waals surface area contributed by atoms with Gasteiger partial charge in [0.05, 0.1) is 13.2 Å². The van der Waals surface area contributed by atoms with Gasteiger partial charge >= 0.3 is 7.12 Å². The molecule has 0 unspecified atom stereocenters. The molecule has 0 bridgehead atoms. The van der Waals surface area contributed by atoms with E-state index in [0.717, 1.165) is 43.1 Å². The Kier molecular flexibility index (Phi) is 3.71. The van der Waals surface area contributed by atoms with E-state index in [1.165, 1.54) is 0 Å². The SMILES string of the molecule is Cc1ccc(N2CCOCC2)c(C)c1B(O)O. The monoisotopic (exact) mass is 235 g/mol. The minimum Gasteiger partial charge on any atom is -0.423 e. The quantitative estimate of drug-likeness (QED) is 0.698. The average Bonchev–Trinajstić information content (AvgIpc) is 2.30. The van der Waals surface area contributed by atoms with Crippen LogP contribution in [0.25, 0.3) is 0 Å². The van der Waals surface area contributed by atoms with Crippen LogP contribution in [0.3, 0.4) is 0 Å². The molecule has 17 heavy (non-hydrogen) atoms. The van der Waals surface area contributed by atoms with Crippen molar-refractivity contribution < 1.29 is 14.8 Å². The van der Waals surface area contributed by atoms with Gasteiger partial charge in [-0.05, 0) is 30.9 Å². The third-order valence-electron chi connectivity index (χ3n) is 3.31. The fourth-order valence-electron chi connectivity index (χ4n) is 2.40. The van der Waals surface area contributed by atoms with E-state index >= 15 is 0 Å². The topological polar surface area (TPSA) is 52.9 Å². The first kappa shape index (κ1) is 12.4. The number of aryl methyl sites for hydroxylation is 1. The first-order chi connectivity index (χ1) is 8.11. The first-order valence-electron chi connectivity index (χ1n) is 5.90.